The zero-order chi connectivity index (χ0) is 18.4. The van der Waals surface area contributed by atoms with Crippen LogP contribution in [0.15, 0.2) is 47.4 Å². The van der Waals surface area contributed by atoms with Crippen molar-refractivity contribution in [3.05, 3.63) is 53.6 Å². The zero-order valence-electron chi connectivity index (χ0n) is 14.3. The first-order valence-electron chi connectivity index (χ1n) is 7.92. The highest BCUT2D eigenvalue weighted by Gasteiger charge is 2.16. The highest BCUT2D eigenvalue weighted by atomic mass is 32.2. The van der Waals surface area contributed by atoms with Crippen LogP contribution in [0.4, 0.5) is 5.69 Å². The number of carbonyl (C=O) groups is 1. The molecule has 7 heteroatoms. The van der Waals surface area contributed by atoms with Crippen LogP contribution in [0.5, 0.6) is 5.75 Å². The summed E-state index contributed by atoms with van der Waals surface area (Å²) in [6.45, 7) is 2.09. The predicted molar refractivity (Wildman–Crippen MR) is 97.1 cm³/mol. The van der Waals surface area contributed by atoms with Crippen molar-refractivity contribution in [2.75, 3.05) is 12.4 Å². The van der Waals surface area contributed by atoms with Gasteiger partial charge in [-0.3, -0.25) is 4.79 Å². The standard InChI is InChI=1S/C18H22N2O4S/c1-3-13-4-6-14(7-5-13)8-11-18(21)20-15-9-10-16(24-2)17(12-15)25(19,22)23/h4-7,9-10,12H,3,8,11H2,1-2H3,(H,20,21)(H2,19,22,23). The van der Waals surface area contributed by atoms with Crippen molar-refractivity contribution in [1.29, 1.82) is 0 Å². The van der Waals surface area contributed by atoms with Gasteiger partial charge in [0.1, 0.15) is 10.6 Å². The van der Waals surface area contributed by atoms with Crippen molar-refractivity contribution < 1.29 is 17.9 Å². The van der Waals surface area contributed by atoms with Gasteiger partial charge in [-0.15, -0.1) is 0 Å². The lowest BCUT2D eigenvalue weighted by Gasteiger charge is -2.10. The zero-order valence-corrected chi connectivity index (χ0v) is 15.1. The smallest absolute Gasteiger partial charge is 0.241 e. The second-order valence-corrected chi connectivity index (χ2v) is 7.16. The van der Waals surface area contributed by atoms with E-state index in [9.17, 15) is 13.2 Å². The average Bonchev–Trinajstić information content (AvgIpc) is 2.59. The van der Waals surface area contributed by atoms with Gasteiger partial charge in [-0.1, -0.05) is 31.2 Å². The predicted octanol–water partition coefficient (Wildman–Crippen LogP) is 2.48. The molecule has 0 spiro atoms. The Hall–Kier alpha value is -2.38. The lowest BCUT2D eigenvalue weighted by atomic mass is 10.1. The molecule has 134 valence electrons. The van der Waals surface area contributed by atoms with E-state index in [2.05, 4.69) is 24.4 Å². The monoisotopic (exact) mass is 362 g/mol. The average molecular weight is 362 g/mol. The van der Waals surface area contributed by atoms with Gasteiger partial charge < -0.3 is 10.1 Å². The van der Waals surface area contributed by atoms with Crippen LogP contribution in [-0.2, 0) is 27.7 Å². The second-order valence-electron chi connectivity index (χ2n) is 5.63. The summed E-state index contributed by atoms with van der Waals surface area (Å²) in [5.41, 5.74) is 2.69. The number of ether oxygens (including phenoxy) is 1. The number of primary sulfonamides is 1. The van der Waals surface area contributed by atoms with Gasteiger partial charge >= 0.3 is 0 Å². The minimum atomic E-state index is -3.94. The fourth-order valence-corrected chi connectivity index (χ4v) is 3.12. The number of nitrogens with two attached hydrogens (primary N) is 1. The summed E-state index contributed by atoms with van der Waals surface area (Å²) >= 11 is 0. The molecule has 0 aliphatic carbocycles. The van der Waals surface area contributed by atoms with Crippen molar-refractivity contribution in [3.63, 3.8) is 0 Å². The Labute approximate surface area is 148 Å². The van der Waals surface area contributed by atoms with Crippen LogP contribution >= 0.6 is 0 Å². The van der Waals surface area contributed by atoms with Crippen LogP contribution in [0, 0.1) is 0 Å². The molecule has 0 aromatic heterocycles. The minimum Gasteiger partial charge on any atom is -0.495 e. The second kappa shape index (κ2) is 8.13. The number of hydrogen-bond donors (Lipinski definition) is 2. The Kier molecular flexibility index (Phi) is 6.17. The Morgan fingerprint density at radius 1 is 1.12 bits per heavy atom. The molecule has 0 bridgehead atoms. The molecule has 0 aliphatic heterocycles. The summed E-state index contributed by atoms with van der Waals surface area (Å²) in [6.07, 6.45) is 1.88. The number of benzene rings is 2. The van der Waals surface area contributed by atoms with Gasteiger partial charge in [0.05, 0.1) is 7.11 Å². The minimum absolute atomic E-state index is 0.136. The maximum Gasteiger partial charge on any atom is 0.241 e. The van der Waals surface area contributed by atoms with E-state index >= 15 is 0 Å². The molecule has 2 aromatic carbocycles. The summed E-state index contributed by atoms with van der Waals surface area (Å²) in [7, 11) is -2.59. The Balaban J connectivity index is 2.02. The summed E-state index contributed by atoms with van der Waals surface area (Å²) in [5.74, 6) is -0.0679. The number of sulfonamides is 1. The van der Waals surface area contributed by atoms with Gasteiger partial charge in [0.2, 0.25) is 15.9 Å². The van der Waals surface area contributed by atoms with Crippen LogP contribution in [0.1, 0.15) is 24.5 Å². The van der Waals surface area contributed by atoms with E-state index in [-0.39, 0.29) is 16.6 Å². The van der Waals surface area contributed by atoms with Crippen molar-refractivity contribution >= 4 is 21.6 Å². The molecule has 25 heavy (non-hydrogen) atoms. The van der Waals surface area contributed by atoms with Crippen LogP contribution in [0.2, 0.25) is 0 Å². The largest absolute Gasteiger partial charge is 0.495 e. The molecule has 0 heterocycles. The molecule has 1 amide bonds. The molecule has 0 saturated heterocycles. The molecule has 0 aliphatic rings. The van der Waals surface area contributed by atoms with Gasteiger partial charge in [0.15, 0.2) is 0 Å². The number of hydrogen-bond acceptors (Lipinski definition) is 4. The SMILES string of the molecule is CCc1ccc(CCC(=O)Nc2ccc(OC)c(S(N)(=O)=O)c2)cc1. The first-order chi connectivity index (χ1) is 11.8. The summed E-state index contributed by atoms with van der Waals surface area (Å²) in [6, 6.07) is 12.4. The third kappa shape index (κ3) is 5.30. The van der Waals surface area contributed by atoms with E-state index < -0.39 is 10.0 Å². The lowest BCUT2D eigenvalue weighted by Crippen LogP contribution is -2.16. The van der Waals surface area contributed by atoms with Crippen LogP contribution in [0.25, 0.3) is 0 Å². The summed E-state index contributed by atoms with van der Waals surface area (Å²) in [5, 5.41) is 7.85. The van der Waals surface area contributed by atoms with Crippen LogP contribution < -0.4 is 15.2 Å². The highest BCUT2D eigenvalue weighted by Crippen LogP contribution is 2.26. The van der Waals surface area contributed by atoms with Crippen molar-refractivity contribution in [1.82, 2.24) is 0 Å². The molecule has 0 atom stereocenters. The quantitative estimate of drug-likeness (QED) is 0.790. The van der Waals surface area contributed by atoms with E-state index in [0.29, 0.717) is 18.5 Å². The number of rotatable bonds is 7. The van der Waals surface area contributed by atoms with Gasteiger partial charge in [-0.25, -0.2) is 13.6 Å². The molecular formula is C18H22N2O4S. The Morgan fingerprint density at radius 3 is 2.32 bits per heavy atom. The molecule has 2 aromatic rings. The fourth-order valence-electron chi connectivity index (χ4n) is 2.40. The highest BCUT2D eigenvalue weighted by molar-refractivity contribution is 7.89. The maximum atomic E-state index is 12.1. The van der Waals surface area contributed by atoms with Crippen LogP contribution in [-0.4, -0.2) is 21.4 Å². The number of carbonyl (C=O) groups excluding carboxylic acids is 1. The summed E-state index contributed by atoms with van der Waals surface area (Å²) < 4.78 is 28.2. The van der Waals surface area contributed by atoms with Gasteiger partial charge in [0.25, 0.3) is 0 Å². The normalized spacial score (nSPS) is 11.2. The number of anilines is 1. The van der Waals surface area contributed by atoms with E-state index in [4.69, 9.17) is 9.88 Å². The third-order valence-corrected chi connectivity index (χ3v) is 4.76. The first kappa shape index (κ1) is 19.0. The molecule has 0 radical (unpaired) electrons. The van der Waals surface area contributed by atoms with E-state index in [0.717, 1.165) is 12.0 Å². The van der Waals surface area contributed by atoms with Crippen molar-refractivity contribution in [2.24, 2.45) is 5.14 Å². The summed E-state index contributed by atoms with van der Waals surface area (Å²) in [4.78, 5) is 11.9. The Bertz CT molecular complexity index is 846. The molecule has 2 rings (SSSR count). The molecule has 6 nitrogen and oxygen atoms in total. The lowest BCUT2D eigenvalue weighted by molar-refractivity contribution is -0.116. The van der Waals surface area contributed by atoms with E-state index in [1.54, 1.807) is 6.07 Å². The van der Waals surface area contributed by atoms with E-state index in [1.165, 1.54) is 24.8 Å². The molecule has 0 fully saturated rings. The van der Waals surface area contributed by atoms with Gasteiger partial charge in [-0.2, -0.15) is 0 Å². The fraction of sp³-hybridized carbons (Fsp3) is 0.278. The first-order valence-corrected chi connectivity index (χ1v) is 9.46. The third-order valence-electron chi connectivity index (χ3n) is 3.83. The van der Waals surface area contributed by atoms with Crippen molar-refractivity contribution in [3.8, 4) is 5.75 Å². The maximum absolute atomic E-state index is 12.1. The number of aryl methyl sites for hydroxylation is 2. The molecular weight excluding hydrogens is 340 g/mol. The number of methoxy groups -OCH3 is 1. The Morgan fingerprint density at radius 2 is 1.76 bits per heavy atom. The number of nitrogens with one attached hydrogen (secondary N) is 1. The molecule has 0 unspecified atom stereocenters. The molecule has 3 N–H and O–H groups in total. The van der Waals surface area contributed by atoms with Crippen LogP contribution in [0.3, 0.4) is 0 Å². The number of amides is 1. The van der Waals surface area contributed by atoms with Gasteiger partial charge in [0, 0.05) is 12.1 Å². The van der Waals surface area contributed by atoms with E-state index in [1.807, 2.05) is 12.1 Å². The topological polar surface area (TPSA) is 98.5 Å². The molecule has 0 saturated carbocycles. The van der Waals surface area contributed by atoms with Crippen molar-refractivity contribution in [2.45, 2.75) is 31.1 Å². The van der Waals surface area contributed by atoms with Gasteiger partial charge in [-0.05, 0) is 42.2 Å².